The van der Waals surface area contributed by atoms with E-state index in [-0.39, 0.29) is 17.3 Å². The van der Waals surface area contributed by atoms with Crippen molar-refractivity contribution in [2.45, 2.75) is 24.0 Å². The number of nitrogens with one attached hydrogen (secondary N) is 1. The zero-order valence-electron chi connectivity index (χ0n) is 13.6. The molecule has 0 aliphatic carbocycles. The summed E-state index contributed by atoms with van der Waals surface area (Å²) in [5.74, 6) is -0.271. The molecule has 1 aromatic heterocycles. The Morgan fingerprint density at radius 1 is 1.32 bits per heavy atom. The van der Waals surface area contributed by atoms with Crippen molar-refractivity contribution in [3.8, 4) is 0 Å². The lowest BCUT2D eigenvalue weighted by Crippen LogP contribution is -2.30. The number of carbonyl (C=O) groups excluding carboxylic acids is 1. The molecule has 2 N–H and O–H groups in total. The highest BCUT2D eigenvalue weighted by molar-refractivity contribution is 7.89. The smallest absolute Gasteiger partial charge is 0.251 e. The van der Waals surface area contributed by atoms with Crippen LogP contribution in [0.4, 0.5) is 0 Å². The van der Waals surface area contributed by atoms with Crippen LogP contribution in [0, 0.1) is 0 Å². The Labute approximate surface area is 146 Å². The third-order valence-electron chi connectivity index (χ3n) is 4.07. The van der Waals surface area contributed by atoms with Gasteiger partial charge in [-0.3, -0.25) is 9.48 Å². The van der Waals surface area contributed by atoms with Gasteiger partial charge in [0, 0.05) is 37.6 Å². The van der Waals surface area contributed by atoms with Crippen molar-refractivity contribution in [2.24, 2.45) is 0 Å². The Morgan fingerprint density at radius 3 is 2.68 bits per heavy atom. The molecule has 1 fully saturated rings. The van der Waals surface area contributed by atoms with Crippen LogP contribution in [0.1, 0.15) is 16.8 Å². The van der Waals surface area contributed by atoms with E-state index in [1.165, 1.54) is 28.6 Å². The highest BCUT2D eigenvalue weighted by Gasteiger charge is 2.31. The van der Waals surface area contributed by atoms with Crippen LogP contribution in [0.15, 0.2) is 47.6 Å². The van der Waals surface area contributed by atoms with Gasteiger partial charge in [0.2, 0.25) is 10.0 Å². The van der Waals surface area contributed by atoms with Gasteiger partial charge in [0.1, 0.15) is 0 Å². The van der Waals surface area contributed by atoms with Crippen molar-refractivity contribution in [1.82, 2.24) is 19.4 Å². The Hall–Kier alpha value is -2.23. The molecule has 1 aliphatic rings. The van der Waals surface area contributed by atoms with Crippen molar-refractivity contribution in [3.63, 3.8) is 0 Å². The first kappa shape index (κ1) is 17.6. The molecule has 1 unspecified atom stereocenters. The fourth-order valence-electron chi connectivity index (χ4n) is 2.68. The van der Waals surface area contributed by atoms with Crippen molar-refractivity contribution in [2.75, 3.05) is 19.6 Å². The maximum absolute atomic E-state index is 12.5. The predicted molar refractivity (Wildman–Crippen MR) is 90.4 cm³/mol. The fourth-order valence-corrected chi connectivity index (χ4v) is 4.17. The van der Waals surface area contributed by atoms with Gasteiger partial charge in [-0.1, -0.05) is 0 Å². The number of sulfonamides is 1. The van der Waals surface area contributed by atoms with E-state index >= 15 is 0 Å². The molecule has 2 aromatic rings. The lowest BCUT2D eigenvalue weighted by atomic mass is 10.2. The van der Waals surface area contributed by atoms with Gasteiger partial charge in [-0.25, -0.2) is 8.42 Å². The minimum Gasteiger partial charge on any atom is -0.392 e. The van der Waals surface area contributed by atoms with E-state index in [0.29, 0.717) is 31.6 Å². The second-order valence-electron chi connectivity index (χ2n) is 5.85. The number of aromatic nitrogens is 2. The largest absolute Gasteiger partial charge is 0.392 e. The second kappa shape index (κ2) is 7.34. The average Bonchev–Trinajstić information content (AvgIpc) is 3.27. The first-order chi connectivity index (χ1) is 12.0. The van der Waals surface area contributed by atoms with Crippen LogP contribution in [0.2, 0.25) is 0 Å². The van der Waals surface area contributed by atoms with Gasteiger partial charge in [-0.15, -0.1) is 0 Å². The molecule has 9 heteroatoms. The van der Waals surface area contributed by atoms with Gasteiger partial charge in [-0.05, 0) is 36.8 Å². The monoisotopic (exact) mass is 364 g/mol. The number of carbonyl (C=O) groups is 1. The lowest BCUT2D eigenvalue weighted by Gasteiger charge is -2.15. The summed E-state index contributed by atoms with van der Waals surface area (Å²) < 4.78 is 27.9. The molecule has 2 heterocycles. The van der Waals surface area contributed by atoms with Crippen LogP contribution in [-0.2, 0) is 16.6 Å². The SMILES string of the molecule is O=C(NCCn1cccn1)c1ccc(S(=O)(=O)N2CCC(O)C2)cc1. The highest BCUT2D eigenvalue weighted by Crippen LogP contribution is 2.21. The average molecular weight is 364 g/mol. The van der Waals surface area contributed by atoms with E-state index in [4.69, 9.17) is 0 Å². The molecule has 0 radical (unpaired) electrons. The number of aliphatic hydroxyl groups excluding tert-OH is 1. The molecule has 0 bridgehead atoms. The molecule has 25 heavy (non-hydrogen) atoms. The number of benzene rings is 1. The number of nitrogens with zero attached hydrogens (tertiary/aromatic N) is 3. The van der Waals surface area contributed by atoms with E-state index in [1.54, 1.807) is 23.1 Å². The van der Waals surface area contributed by atoms with Gasteiger partial charge in [0.15, 0.2) is 0 Å². The molecule has 3 rings (SSSR count). The molecule has 8 nitrogen and oxygen atoms in total. The summed E-state index contributed by atoms with van der Waals surface area (Å²) in [5.41, 5.74) is 0.390. The summed E-state index contributed by atoms with van der Waals surface area (Å²) >= 11 is 0. The van der Waals surface area contributed by atoms with Gasteiger partial charge in [0.05, 0.1) is 17.5 Å². The second-order valence-corrected chi connectivity index (χ2v) is 7.79. The van der Waals surface area contributed by atoms with Crippen molar-refractivity contribution in [1.29, 1.82) is 0 Å². The van der Waals surface area contributed by atoms with Crippen molar-refractivity contribution in [3.05, 3.63) is 48.3 Å². The molecule has 1 aliphatic heterocycles. The molecule has 0 saturated carbocycles. The Kier molecular flexibility index (Phi) is 5.16. The molecular weight excluding hydrogens is 344 g/mol. The zero-order valence-corrected chi connectivity index (χ0v) is 14.4. The molecule has 1 saturated heterocycles. The minimum absolute atomic E-state index is 0.109. The van der Waals surface area contributed by atoms with Gasteiger partial charge in [0.25, 0.3) is 5.91 Å². The predicted octanol–water partition coefficient (Wildman–Crippen LogP) is 0.0684. The Bertz CT molecular complexity index is 818. The van der Waals surface area contributed by atoms with E-state index in [2.05, 4.69) is 10.4 Å². The first-order valence-electron chi connectivity index (χ1n) is 8.01. The Balaban J connectivity index is 1.60. The van der Waals surface area contributed by atoms with Gasteiger partial charge >= 0.3 is 0 Å². The summed E-state index contributed by atoms with van der Waals surface area (Å²) in [4.78, 5) is 12.2. The van der Waals surface area contributed by atoms with Crippen molar-refractivity contribution >= 4 is 15.9 Å². The van der Waals surface area contributed by atoms with E-state index < -0.39 is 16.1 Å². The molecule has 1 atom stereocenters. The maximum Gasteiger partial charge on any atom is 0.251 e. The molecule has 1 aromatic carbocycles. The summed E-state index contributed by atoms with van der Waals surface area (Å²) in [6, 6.07) is 7.62. The molecule has 0 spiro atoms. The Morgan fingerprint density at radius 2 is 2.08 bits per heavy atom. The number of amides is 1. The maximum atomic E-state index is 12.5. The molecular formula is C16H20N4O4S. The standard InChI is InChI=1S/C16H20N4O4S/c21-14-6-10-20(12-14)25(23,24)15-4-2-13(3-5-15)16(22)17-8-11-19-9-1-7-18-19/h1-5,7,9,14,21H,6,8,10-12H2,(H,17,22). The highest BCUT2D eigenvalue weighted by atomic mass is 32.2. The van der Waals surface area contributed by atoms with Crippen LogP contribution in [0.5, 0.6) is 0 Å². The van der Waals surface area contributed by atoms with Crippen molar-refractivity contribution < 1.29 is 18.3 Å². The third-order valence-corrected chi connectivity index (χ3v) is 5.95. The van der Waals surface area contributed by atoms with E-state index in [9.17, 15) is 18.3 Å². The van der Waals surface area contributed by atoms with Crippen LogP contribution in [-0.4, -0.2) is 59.3 Å². The zero-order chi connectivity index (χ0) is 17.9. The topological polar surface area (TPSA) is 105 Å². The van der Waals surface area contributed by atoms with Crippen LogP contribution in [0.3, 0.4) is 0 Å². The molecule has 1 amide bonds. The van der Waals surface area contributed by atoms with Gasteiger partial charge in [-0.2, -0.15) is 9.40 Å². The van der Waals surface area contributed by atoms with E-state index in [1.807, 2.05) is 0 Å². The van der Waals surface area contributed by atoms with Crippen LogP contribution < -0.4 is 5.32 Å². The van der Waals surface area contributed by atoms with Crippen LogP contribution in [0.25, 0.3) is 0 Å². The summed E-state index contributed by atoms with van der Waals surface area (Å²) in [6.45, 7) is 1.39. The summed E-state index contributed by atoms with van der Waals surface area (Å²) in [6.07, 6.45) is 3.30. The number of β-amino-alcohol motifs (C(OH)–C–C–N with tert-alkyl or cyclic N) is 1. The quantitative estimate of drug-likeness (QED) is 0.755. The summed E-state index contributed by atoms with van der Waals surface area (Å²) in [7, 11) is -3.63. The minimum atomic E-state index is -3.63. The molecule has 134 valence electrons. The number of rotatable bonds is 6. The number of aliphatic hydroxyl groups is 1. The van der Waals surface area contributed by atoms with Gasteiger partial charge < -0.3 is 10.4 Å². The third kappa shape index (κ3) is 4.06. The van der Waals surface area contributed by atoms with Crippen LogP contribution >= 0.6 is 0 Å². The summed E-state index contributed by atoms with van der Waals surface area (Å²) in [5, 5.41) is 16.3. The fraction of sp³-hybridized carbons (Fsp3) is 0.375. The number of hydrogen-bond acceptors (Lipinski definition) is 5. The first-order valence-corrected chi connectivity index (χ1v) is 9.45. The number of hydrogen-bond donors (Lipinski definition) is 2. The normalized spacial score (nSPS) is 18.4. The lowest BCUT2D eigenvalue weighted by molar-refractivity contribution is 0.0952. The van der Waals surface area contributed by atoms with E-state index in [0.717, 1.165) is 0 Å².